The number of dihydropyridines is 1. The van der Waals surface area contributed by atoms with Gasteiger partial charge >= 0.3 is 0 Å². The van der Waals surface area contributed by atoms with Crippen LogP contribution < -0.4 is 16.4 Å². The zero-order valence-corrected chi connectivity index (χ0v) is 8.84. The first-order chi connectivity index (χ1) is 7.33. The molecule has 0 atom stereocenters. The van der Waals surface area contributed by atoms with Crippen molar-refractivity contribution in [3.63, 3.8) is 0 Å². The Morgan fingerprint density at radius 1 is 1.27 bits per heavy atom. The zero-order valence-electron chi connectivity index (χ0n) is 8.84. The fraction of sp³-hybridized carbons (Fsp3) is 0.500. The van der Waals surface area contributed by atoms with Gasteiger partial charge in [0.1, 0.15) is 0 Å². The maximum absolute atomic E-state index is 6.22. The smallest absolute Gasteiger partial charge is 0.0402 e. The van der Waals surface area contributed by atoms with Gasteiger partial charge in [-0.05, 0) is 37.6 Å². The van der Waals surface area contributed by atoms with Crippen LogP contribution in [0.3, 0.4) is 0 Å². The van der Waals surface area contributed by atoms with E-state index < -0.39 is 0 Å². The largest absolute Gasteiger partial charge is 0.401 e. The van der Waals surface area contributed by atoms with E-state index in [1.165, 1.54) is 11.3 Å². The minimum Gasteiger partial charge on any atom is -0.401 e. The van der Waals surface area contributed by atoms with Crippen LogP contribution in [0, 0.1) is 5.41 Å². The number of hydrogen-bond acceptors (Lipinski definition) is 3. The van der Waals surface area contributed by atoms with E-state index in [4.69, 9.17) is 5.73 Å². The third-order valence-electron chi connectivity index (χ3n) is 3.81. The number of nitrogens with two attached hydrogens (primary N) is 1. The van der Waals surface area contributed by atoms with Crippen molar-refractivity contribution in [2.24, 2.45) is 11.1 Å². The molecule has 3 aliphatic rings. The molecule has 3 rings (SSSR count). The Kier molecular flexibility index (Phi) is 1.89. The van der Waals surface area contributed by atoms with Gasteiger partial charge in [-0.15, -0.1) is 0 Å². The molecule has 0 aromatic rings. The average Bonchev–Trinajstić information content (AvgIpc) is 2.55. The van der Waals surface area contributed by atoms with Crippen LogP contribution in [-0.4, -0.2) is 19.6 Å². The highest BCUT2D eigenvalue weighted by atomic mass is 14.9. The van der Waals surface area contributed by atoms with E-state index in [9.17, 15) is 0 Å². The van der Waals surface area contributed by atoms with Crippen LogP contribution in [0.4, 0.5) is 0 Å². The summed E-state index contributed by atoms with van der Waals surface area (Å²) in [6.07, 6.45) is 8.83. The van der Waals surface area contributed by atoms with Crippen LogP contribution in [0.2, 0.25) is 0 Å². The Bertz CT molecular complexity index is 370. The first kappa shape index (κ1) is 9.04. The second-order valence-electron chi connectivity index (χ2n) is 4.54. The summed E-state index contributed by atoms with van der Waals surface area (Å²) in [5.41, 5.74) is 10.1. The van der Waals surface area contributed by atoms with E-state index in [0.29, 0.717) is 0 Å². The summed E-state index contributed by atoms with van der Waals surface area (Å²) >= 11 is 0. The van der Waals surface area contributed by atoms with Crippen LogP contribution in [-0.2, 0) is 0 Å². The van der Waals surface area contributed by atoms with Gasteiger partial charge in [0, 0.05) is 23.4 Å². The molecule has 1 spiro atoms. The van der Waals surface area contributed by atoms with Gasteiger partial charge in [0.2, 0.25) is 0 Å². The predicted octanol–water partition coefficient (Wildman–Crippen LogP) is 0.626. The van der Waals surface area contributed by atoms with E-state index in [0.717, 1.165) is 38.2 Å². The summed E-state index contributed by atoms with van der Waals surface area (Å²) in [5, 5.41) is 6.80. The molecule has 3 nitrogen and oxygen atoms in total. The third-order valence-corrected chi connectivity index (χ3v) is 3.81. The van der Waals surface area contributed by atoms with Crippen molar-refractivity contribution >= 4 is 0 Å². The highest BCUT2D eigenvalue weighted by Crippen LogP contribution is 2.48. The average molecular weight is 203 g/mol. The topological polar surface area (TPSA) is 50.1 Å². The first-order valence-electron chi connectivity index (χ1n) is 5.66. The molecule has 1 saturated heterocycles. The van der Waals surface area contributed by atoms with Crippen molar-refractivity contribution in [1.82, 2.24) is 10.6 Å². The second kappa shape index (κ2) is 3.14. The number of rotatable bonds is 0. The number of nitrogens with one attached hydrogen (secondary N) is 2. The minimum atomic E-state index is 0.129. The normalized spacial score (nSPS) is 27.6. The van der Waals surface area contributed by atoms with Gasteiger partial charge in [0.25, 0.3) is 0 Å². The summed E-state index contributed by atoms with van der Waals surface area (Å²) < 4.78 is 0. The Morgan fingerprint density at radius 2 is 2.07 bits per heavy atom. The third kappa shape index (κ3) is 1.16. The monoisotopic (exact) mass is 203 g/mol. The molecule has 0 amide bonds. The summed E-state index contributed by atoms with van der Waals surface area (Å²) in [6.45, 7) is 3.06. The minimum absolute atomic E-state index is 0.129. The van der Waals surface area contributed by atoms with Crippen LogP contribution in [0.5, 0.6) is 0 Å². The van der Waals surface area contributed by atoms with Crippen molar-refractivity contribution in [3.8, 4) is 0 Å². The van der Waals surface area contributed by atoms with E-state index in [2.05, 4.69) is 28.9 Å². The first-order valence-corrected chi connectivity index (χ1v) is 5.66. The van der Waals surface area contributed by atoms with Gasteiger partial charge in [0.05, 0.1) is 0 Å². The molecule has 0 aromatic carbocycles. The highest BCUT2D eigenvalue weighted by Gasteiger charge is 2.42. The molecule has 80 valence electrons. The molecule has 0 aromatic heterocycles. The molecule has 15 heavy (non-hydrogen) atoms. The Labute approximate surface area is 90.1 Å². The molecule has 0 saturated carbocycles. The van der Waals surface area contributed by atoms with Crippen LogP contribution in [0.1, 0.15) is 12.8 Å². The lowest BCUT2D eigenvalue weighted by molar-refractivity contribution is 0.311. The predicted molar refractivity (Wildman–Crippen MR) is 61.0 cm³/mol. The van der Waals surface area contributed by atoms with Crippen molar-refractivity contribution in [2.75, 3.05) is 19.6 Å². The molecule has 0 unspecified atom stereocenters. The van der Waals surface area contributed by atoms with Crippen molar-refractivity contribution in [3.05, 3.63) is 35.2 Å². The van der Waals surface area contributed by atoms with E-state index in [1.54, 1.807) is 0 Å². The molecular weight excluding hydrogens is 186 g/mol. The molecule has 2 heterocycles. The Balaban J connectivity index is 2.03. The van der Waals surface area contributed by atoms with Crippen molar-refractivity contribution in [2.45, 2.75) is 12.8 Å². The molecule has 4 N–H and O–H groups in total. The Hall–Kier alpha value is -1.22. The highest BCUT2D eigenvalue weighted by molar-refractivity contribution is 5.52. The van der Waals surface area contributed by atoms with Gasteiger partial charge in [-0.1, -0.05) is 12.2 Å². The van der Waals surface area contributed by atoms with E-state index in [-0.39, 0.29) is 5.41 Å². The van der Waals surface area contributed by atoms with E-state index in [1.807, 2.05) is 0 Å². The number of hydrogen-bond donors (Lipinski definition) is 3. The fourth-order valence-electron chi connectivity index (χ4n) is 2.94. The number of allylic oxidation sites excluding steroid dienone is 3. The lowest BCUT2D eigenvalue weighted by atomic mass is 9.72. The van der Waals surface area contributed by atoms with Crippen molar-refractivity contribution < 1.29 is 0 Å². The number of fused-ring (bicyclic) bond motifs is 1. The fourth-order valence-corrected chi connectivity index (χ4v) is 2.94. The summed E-state index contributed by atoms with van der Waals surface area (Å²) in [6, 6.07) is 0. The maximum atomic E-state index is 6.22. The lowest BCUT2D eigenvalue weighted by Crippen LogP contribution is -2.40. The lowest BCUT2D eigenvalue weighted by Gasteiger charge is -2.37. The molecule has 1 fully saturated rings. The summed E-state index contributed by atoms with van der Waals surface area (Å²) in [4.78, 5) is 0. The second-order valence-corrected chi connectivity index (χ2v) is 4.54. The molecular formula is C12H17N3. The summed E-state index contributed by atoms with van der Waals surface area (Å²) in [7, 11) is 0. The quantitative estimate of drug-likeness (QED) is 0.541. The van der Waals surface area contributed by atoms with Gasteiger partial charge < -0.3 is 16.4 Å². The van der Waals surface area contributed by atoms with Crippen LogP contribution >= 0.6 is 0 Å². The maximum Gasteiger partial charge on any atom is 0.0402 e. The molecule has 3 heteroatoms. The zero-order chi connectivity index (χ0) is 10.3. The molecule has 0 radical (unpaired) electrons. The number of piperidine rings is 1. The molecule has 1 aliphatic carbocycles. The Morgan fingerprint density at radius 3 is 2.87 bits per heavy atom. The van der Waals surface area contributed by atoms with Crippen molar-refractivity contribution in [1.29, 1.82) is 0 Å². The van der Waals surface area contributed by atoms with Crippen LogP contribution in [0.15, 0.2) is 35.2 Å². The summed E-state index contributed by atoms with van der Waals surface area (Å²) in [5.74, 6) is 0. The van der Waals surface area contributed by atoms with Crippen LogP contribution in [0.25, 0.3) is 0 Å². The van der Waals surface area contributed by atoms with Gasteiger partial charge in [0.15, 0.2) is 0 Å². The van der Waals surface area contributed by atoms with E-state index >= 15 is 0 Å². The standard InChI is InChI=1S/C12H17N3/c13-11-8-10-9(2-1-5-15-10)12(11)3-6-14-7-4-12/h1-2,8,14-15H,3-7,13H2. The van der Waals surface area contributed by atoms with Gasteiger partial charge in [-0.25, -0.2) is 0 Å². The SMILES string of the molecule is NC1=CC2=C(C=CCN2)C12CCNCC2. The molecule has 2 aliphatic heterocycles. The van der Waals surface area contributed by atoms with Gasteiger partial charge in [-0.3, -0.25) is 0 Å². The van der Waals surface area contributed by atoms with Gasteiger partial charge in [-0.2, -0.15) is 0 Å². The molecule has 0 bridgehead atoms.